The zero-order chi connectivity index (χ0) is 16.8. The first-order valence-electron chi connectivity index (χ1n) is 9.07. The van der Waals surface area contributed by atoms with Gasteiger partial charge in [-0.3, -0.25) is 9.69 Å². The molecule has 1 amide bonds. The number of rotatable bonds is 5. The van der Waals surface area contributed by atoms with Crippen molar-refractivity contribution < 1.29 is 9.53 Å². The van der Waals surface area contributed by atoms with Crippen molar-refractivity contribution >= 4 is 17.5 Å². The third-order valence-electron chi connectivity index (χ3n) is 5.01. The quantitative estimate of drug-likeness (QED) is 0.818. The normalized spacial score (nSPS) is 22.5. The predicted octanol–water partition coefficient (Wildman–Crippen LogP) is 2.99. The van der Waals surface area contributed by atoms with Crippen LogP contribution in [0.4, 0.5) is 0 Å². The molecule has 132 valence electrons. The van der Waals surface area contributed by atoms with Crippen molar-refractivity contribution in [1.82, 2.24) is 9.80 Å². The highest BCUT2D eigenvalue weighted by Crippen LogP contribution is 2.17. The van der Waals surface area contributed by atoms with Gasteiger partial charge in [-0.25, -0.2) is 0 Å². The number of ether oxygens (including phenoxy) is 1. The van der Waals surface area contributed by atoms with E-state index < -0.39 is 0 Å². The van der Waals surface area contributed by atoms with E-state index in [-0.39, 0.29) is 12.0 Å². The number of halogens is 1. The molecule has 0 bridgehead atoms. The van der Waals surface area contributed by atoms with Crippen LogP contribution in [0, 0.1) is 0 Å². The average molecular weight is 351 g/mol. The van der Waals surface area contributed by atoms with E-state index in [1.165, 1.54) is 12.0 Å². The van der Waals surface area contributed by atoms with Gasteiger partial charge in [-0.2, -0.15) is 0 Å². The zero-order valence-electron chi connectivity index (χ0n) is 14.3. The number of nitrogens with zero attached hydrogens (tertiary/aromatic N) is 2. The summed E-state index contributed by atoms with van der Waals surface area (Å²) < 4.78 is 5.69. The molecule has 0 N–H and O–H groups in total. The average Bonchev–Trinajstić information content (AvgIpc) is 2.61. The fraction of sp³-hybridized carbons (Fsp3) is 0.632. The van der Waals surface area contributed by atoms with E-state index in [1.807, 2.05) is 23.1 Å². The van der Waals surface area contributed by atoms with E-state index in [0.717, 1.165) is 63.6 Å². The highest BCUT2D eigenvalue weighted by Gasteiger charge is 2.24. The second-order valence-corrected chi connectivity index (χ2v) is 7.23. The summed E-state index contributed by atoms with van der Waals surface area (Å²) in [5.41, 5.74) is 1.27. The maximum atomic E-state index is 12.4. The van der Waals surface area contributed by atoms with Crippen LogP contribution in [0.5, 0.6) is 0 Å². The number of benzene rings is 1. The topological polar surface area (TPSA) is 32.8 Å². The van der Waals surface area contributed by atoms with Crippen molar-refractivity contribution in [2.24, 2.45) is 0 Å². The summed E-state index contributed by atoms with van der Waals surface area (Å²) in [6.45, 7) is 5.42. The number of carbonyl (C=O) groups is 1. The summed E-state index contributed by atoms with van der Waals surface area (Å²) in [6, 6.07) is 8.06. The van der Waals surface area contributed by atoms with E-state index in [2.05, 4.69) is 11.0 Å². The second-order valence-electron chi connectivity index (χ2n) is 6.80. The highest BCUT2D eigenvalue weighted by atomic mass is 35.5. The van der Waals surface area contributed by atoms with Crippen molar-refractivity contribution in [1.29, 1.82) is 0 Å². The highest BCUT2D eigenvalue weighted by molar-refractivity contribution is 6.30. The predicted molar refractivity (Wildman–Crippen MR) is 96.4 cm³/mol. The standard InChI is InChI=1S/C19H27ClN2O2/c20-17-5-3-4-16(14-17)7-8-21-9-11-22(12-10-21)19(23)15-18-6-1-2-13-24-18/h3-5,14,18H,1-2,6-13,15H2. The largest absolute Gasteiger partial charge is 0.378 e. The molecule has 2 fully saturated rings. The molecule has 24 heavy (non-hydrogen) atoms. The Kier molecular flexibility index (Phi) is 6.52. The van der Waals surface area contributed by atoms with Gasteiger partial charge in [0, 0.05) is 44.4 Å². The number of hydrogen-bond donors (Lipinski definition) is 0. The summed E-state index contributed by atoms with van der Waals surface area (Å²) in [4.78, 5) is 16.8. The van der Waals surface area contributed by atoms with Crippen LogP contribution in [0.15, 0.2) is 24.3 Å². The fourth-order valence-corrected chi connectivity index (χ4v) is 3.71. The summed E-state index contributed by atoms with van der Waals surface area (Å²) >= 11 is 6.03. The lowest BCUT2D eigenvalue weighted by Crippen LogP contribution is -2.49. The van der Waals surface area contributed by atoms with Crippen molar-refractivity contribution in [3.8, 4) is 0 Å². The molecule has 2 aliphatic heterocycles. The summed E-state index contributed by atoms with van der Waals surface area (Å²) in [5, 5.41) is 0.799. The monoisotopic (exact) mass is 350 g/mol. The van der Waals surface area contributed by atoms with Crippen molar-refractivity contribution in [3.63, 3.8) is 0 Å². The lowest BCUT2D eigenvalue weighted by molar-refractivity contribution is -0.136. The molecule has 1 atom stereocenters. The zero-order valence-corrected chi connectivity index (χ0v) is 15.0. The molecule has 0 radical (unpaired) electrons. The van der Waals surface area contributed by atoms with Gasteiger partial charge < -0.3 is 9.64 Å². The Morgan fingerprint density at radius 1 is 1.21 bits per heavy atom. The molecule has 2 aliphatic rings. The molecule has 1 aromatic carbocycles. The Balaban J connectivity index is 1.38. The van der Waals surface area contributed by atoms with Crippen LogP contribution in [-0.4, -0.2) is 61.1 Å². The SMILES string of the molecule is O=C(CC1CCCCO1)N1CCN(CCc2cccc(Cl)c2)CC1. The van der Waals surface area contributed by atoms with Crippen LogP contribution in [0.1, 0.15) is 31.2 Å². The molecule has 2 saturated heterocycles. The second kappa shape index (κ2) is 8.84. The van der Waals surface area contributed by atoms with E-state index in [0.29, 0.717) is 6.42 Å². The first-order chi connectivity index (χ1) is 11.7. The molecule has 3 rings (SSSR count). The molecule has 0 spiro atoms. The van der Waals surface area contributed by atoms with Gasteiger partial charge in [0.15, 0.2) is 0 Å². The minimum Gasteiger partial charge on any atom is -0.378 e. The van der Waals surface area contributed by atoms with Gasteiger partial charge >= 0.3 is 0 Å². The minimum atomic E-state index is 0.145. The molecular formula is C19H27ClN2O2. The Morgan fingerprint density at radius 2 is 2.04 bits per heavy atom. The fourth-order valence-electron chi connectivity index (χ4n) is 3.49. The maximum Gasteiger partial charge on any atom is 0.225 e. The molecule has 4 nitrogen and oxygen atoms in total. The van der Waals surface area contributed by atoms with Gasteiger partial charge in [0.1, 0.15) is 0 Å². The third kappa shape index (κ3) is 5.20. The van der Waals surface area contributed by atoms with E-state index in [4.69, 9.17) is 16.3 Å². The van der Waals surface area contributed by atoms with Crippen LogP contribution < -0.4 is 0 Å². The van der Waals surface area contributed by atoms with Crippen LogP contribution >= 0.6 is 11.6 Å². The first kappa shape index (κ1) is 17.7. The Hall–Kier alpha value is -1.10. The lowest BCUT2D eigenvalue weighted by Gasteiger charge is -2.35. The molecule has 0 aromatic heterocycles. The number of hydrogen-bond acceptors (Lipinski definition) is 3. The number of piperazine rings is 1. The van der Waals surface area contributed by atoms with Gasteiger partial charge in [0.2, 0.25) is 5.91 Å². The molecule has 1 aromatic rings. The minimum absolute atomic E-state index is 0.145. The molecule has 0 aliphatic carbocycles. The Labute approximate surface area is 149 Å². The number of amides is 1. The molecule has 5 heteroatoms. The Bertz CT molecular complexity index is 538. The lowest BCUT2D eigenvalue weighted by atomic mass is 10.1. The smallest absolute Gasteiger partial charge is 0.225 e. The van der Waals surface area contributed by atoms with E-state index in [1.54, 1.807) is 0 Å². The molecular weight excluding hydrogens is 324 g/mol. The summed E-state index contributed by atoms with van der Waals surface area (Å²) in [6.07, 6.45) is 5.07. The third-order valence-corrected chi connectivity index (χ3v) is 5.24. The van der Waals surface area contributed by atoms with Gasteiger partial charge in [-0.05, 0) is 43.4 Å². The number of carbonyl (C=O) groups excluding carboxylic acids is 1. The van der Waals surface area contributed by atoms with Gasteiger partial charge in [-0.15, -0.1) is 0 Å². The summed E-state index contributed by atoms with van der Waals surface area (Å²) in [7, 11) is 0. The molecule has 2 heterocycles. The van der Waals surface area contributed by atoms with Crippen LogP contribution in [0.3, 0.4) is 0 Å². The molecule has 1 unspecified atom stereocenters. The van der Waals surface area contributed by atoms with Crippen molar-refractivity contribution in [3.05, 3.63) is 34.9 Å². The summed E-state index contributed by atoms with van der Waals surface area (Å²) in [5.74, 6) is 0.261. The van der Waals surface area contributed by atoms with Gasteiger partial charge in [0.05, 0.1) is 12.5 Å². The van der Waals surface area contributed by atoms with Gasteiger partial charge in [-0.1, -0.05) is 23.7 Å². The van der Waals surface area contributed by atoms with Gasteiger partial charge in [0.25, 0.3) is 0 Å². The van der Waals surface area contributed by atoms with Crippen molar-refractivity contribution in [2.45, 2.75) is 38.2 Å². The van der Waals surface area contributed by atoms with Crippen LogP contribution in [-0.2, 0) is 16.0 Å². The van der Waals surface area contributed by atoms with Crippen LogP contribution in [0.2, 0.25) is 5.02 Å². The van der Waals surface area contributed by atoms with E-state index in [9.17, 15) is 4.79 Å². The Morgan fingerprint density at radius 3 is 2.75 bits per heavy atom. The molecule has 0 saturated carbocycles. The van der Waals surface area contributed by atoms with Crippen LogP contribution in [0.25, 0.3) is 0 Å². The van der Waals surface area contributed by atoms with Crippen molar-refractivity contribution in [2.75, 3.05) is 39.3 Å². The first-order valence-corrected chi connectivity index (χ1v) is 9.45. The maximum absolute atomic E-state index is 12.4. The van der Waals surface area contributed by atoms with E-state index >= 15 is 0 Å².